The molecule has 0 radical (unpaired) electrons. The second-order valence-corrected chi connectivity index (χ2v) is 4.09. The van der Waals surface area contributed by atoms with Crippen LogP contribution in [-0.2, 0) is 0 Å². The highest BCUT2D eigenvalue weighted by Crippen LogP contribution is 2.28. The van der Waals surface area contributed by atoms with Gasteiger partial charge in [-0.15, -0.1) is 0 Å². The van der Waals surface area contributed by atoms with Crippen LogP contribution in [-0.4, -0.2) is 5.11 Å². The number of aryl methyl sites for hydroxylation is 1. The van der Waals surface area contributed by atoms with Gasteiger partial charge in [-0.05, 0) is 63.1 Å². The van der Waals surface area contributed by atoms with E-state index in [4.69, 9.17) is 0 Å². The average molecular weight is 313 g/mol. The van der Waals surface area contributed by atoms with Gasteiger partial charge in [-0.1, -0.05) is 0 Å². The molecule has 0 fully saturated rings. The number of hydrogen-bond donors (Lipinski definition) is 1. The average Bonchev–Trinajstić information content (AvgIpc) is 1.82. The summed E-state index contributed by atoms with van der Waals surface area (Å²) in [4.78, 5) is 0. The van der Waals surface area contributed by atoms with Gasteiger partial charge in [0.25, 0.3) is 0 Å². The standard InChI is InChI=1S/C7H6BrIO/c1-4-2-5(9)3-6(10)7(4)8/h2-3,10H,1H3. The van der Waals surface area contributed by atoms with Crippen molar-refractivity contribution in [2.45, 2.75) is 6.92 Å². The van der Waals surface area contributed by atoms with Crippen LogP contribution in [0.15, 0.2) is 16.6 Å². The molecule has 1 aromatic rings. The normalized spacial score (nSPS) is 9.90. The number of halogens is 2. The zero-order valence-electron chi connectivity index (χ0n) is 5.36. The molecule has 0 aliphatic carbocycles. The van der Waals surface area contributed by atoms with Gasteiger partial charge in [0.15, 0.2) is 0 Å². The third-order valence-corrected chi connectivity index (χ3v) is 2.85. The Morgan fingerprint density at radius 2 is 2.10 bits per heavy atom. The molecule has 3 heteroatoms. The van der Waals surface area contributed by atoms with Crippen LogP contribution in [0.5, 0.6) is 5.75 Å². The van der Waals surface area contributed by atoms with Crippen LogP contribution in [0.1, 0.15) is 5.56 Å². The van der Waals surface area contributed by atoms with Crippen molar-refractivity contribution in [3.05, 3.63) is 25.7 Å². The first kappa shape index (κ1) is 8.33. The maximum atomic E-state index is 9.23. The fraction of sp³-hybridized carbons (Fsp3) is 0.143. The topological polar surface area (TPSA) is 20.2 Å². The lowest BCUT2D eigenvalue weighted by Gasteiger charge is -2.00. The van der Waals surface area contributed by atoms with Gasteiger partial charge >= 0.3 is 0 Å². The van der Waals surface area contributed by atoms with E-state index in [1.54, 1.807) is 6.07 Å². The van der Waals surface area contributed by atoms with Crippen molar-refractivity contribution >= 4 is 38.5 Å². The second kappa shape index (κ2) is 3.09. The van der Waals surface area contributed by atoms with Crippen LogP contribution in [0.2, 0.25) is 0 Å². The highest BCUT2D eigenvalue weighted by atomic mass is 127. The smallest absolute Gasteiger partial charge is 0.131 e. The number of benzene rings is 1. The molecule has 0 spiro atoms. The summed E-state index contributed by atoms with van der Waals surface area (Å²) >= 11 is 5.43. The predicted octanol–water partition coefficient (Wildman–Crippen LogP) is 3.07. The molecule has 0 saturated carbocycles. The fourth-order valence-corrected chi connectivity index (χ4v) is 1.70. The molecule has 0 amide bonds. The van der Waals surface area contributed by atoms with E-state index in [2.05, 4.69) is 38.5 Å². The van der Waals surface area contributed by atoms with E-state index < -0.39 is 0 Å². The van der Waals surface area contributed by atoms with Crippen LogP contribution in [0.25, 0.3) is 0 Å². The first-order chi connectivity index (χ1) is 4.61. The molecular formula is C7H6BrIO. The minimum Gasteiger partial charge on any atom is -0.507 e. The summed E-state index contributed by atoms with van der Waals surface area (Å²) in [5.74, 6) is 0.310. The summed E-state index contributed by atoms with van der Waals surface area (Å²) in [6.45, 7) is 1.95. The van der Waals surface area contributed by atoms with Gasteiger partial charge in [0.1, 0.15) is 5.75 Å². The Labute approximate surface area is 81.7 Å². The quantitative estimate of drug-likeness (QED) is 0.730. The zero-order chi connectivity index (χ0) is 7.72. The molecule has 0 atom stereocenters. The van der Waals surface area contributed by atoms with Gasteiger partial charge < -0.3 is 5.11 Å². The Hall–Kier alpha value is 0.230. The maximum Gasteiger partial charge on any atom is 0.131 e. The number of rotatable bonds is 0. The lowest BCUT2D eigenvalue weighted by Crippen LogP contribution is -1.78. The van der Waals surface area contributed by atoms with Gasteiger partial charge in [0.05, 0.1) is 4.47 Å². The molecule has 0 bridgehead atoms. The van der Waals surface area contributed by atoms with Gasteiger partial charge in [-0.25, -0.2) is 0 Å². The molecule has 10 heavy (non-hydrogen) atoms. The van der Waals surface area contributed by atoms with Crippen LogP contribution in [0.3, 0.4) is 0 Å². The van der Waals surface area contributed by atoms with E-state index in [-0.39, 0.29) is 0 Å². The van der Waals surface area contributed by atoms with Crippen LogP contribution in [0.4, 0.5) is 0 Å². The molecule has 1 aromatic carbocycles. The predicted molar refractivity (Wildman–Crippen MR) is 53.3 cm³/mol. The number of aromatic hydroxyl groups is 1. The minimum absolute atomic E-state index is 0.310. The Morgan fingerprint density at radius 1 is 1.50 bits per heavy atom. The molecule has 1 rings (SSSR count). The van der Waals surface area contributed by atoms with Crippen LogP contribution >= 0.6 is 38.5 Å². The van der Waals surface area contributed by atoms with E-state index in [9.17, 15) is 5.11 Å². The molecular weight excluding hydrogens is 307 g/mol. The van der Waals surface area contributed by atoms with Gasteiger partial charge in [0.2, 0.25) is 0 Å². The lowest BCUT2D eigenvalue weighted by atomic mass is 10.2. The van der Waals surface area contributed by atoms with Crippen LogP contribution < -0.4 is 0 Å². The largest absolute Gasteiger partial charge is 0.507 e. The molecule has 0 aliphatic rings. The highest BCUT2D eigenvalue weighted by Gasteiger charge is 2.01. The van der Waals surface area contributed by atoms with E-state index in [0.29, 0.717) is 5.75 Å². The van der Waals surface area contributed by atoms with E-state index in [1.165, 1.54) is 0 Å². The van der Waals surface area contributed by atoms with Crippen molar-refractivity contribution in [1.82, 2.24) is 0 Å². The van der Waals surface area contributed by atoms with Crippen molar-refractivity contribution in [2.24, 2.45) is 0 Å². The van der Waals surface area contributed by atoms with Crippen molar-refractivity contribution in [2.75, 3.05) is 0 Å². The van der Waals surface area contributed by atoms with Gasteiger partial charge in [-0.2, -0.15) is 0 Å². The molecule has 1 N–H and O–H groups in total. The summed E-state index contributed by atoms with van der Waals surface area (Å²) in [7, 11) is 0. The molecule has 0 heterocycles. The number of hydrogen-bond acceptors (Lipinski definition) is 1. The van der Waals surface area contributed by atoms with Crippen molar-refractivity contribution in [1.29, 1.82) is 0 Å². The number of phenols is 1. The fourth-order valence-electron chi connectivity index (χ4n) is 0.708. The molecule has 0 aliphatic heterocycles. The zero-order valence-corrected chi connectivity index (χ0v) is 9.10. The third-order valence-electron chi connectivity index (χ3n) is 1.20. The Bertz CT molecular complexity index is 237. The van der Waals surface area contributed by atoms with Gasteiger partial charge in [0, 0.05) is 3.57 Å². The third kappa shape index (κ3) is 1.63. The second-order valence-electron chi connectivity index (χ2n) is 2.06. The van der Waals surface area contributed by atoms with Crippen LogP contribution in [0, 0.1) is 10.5 Å². The number of phenolic OH excluding ortho intramolecular Hbond substituents is 1. The van der Waals surface area contributed by atoms with E-state index in [1.807, 2.05) is 13.0 Å². The lowest BCUT2D eigenvalue weighted by molar-refractivity contribution is 0.471. The molecule has 1 nitrogen and oxygen atoms in total. The first-order valence-electron chi connectivity index (χ1n) is 2.76. The van der Waals surface area contributed by atoms with Crippen molar-refractivity contribution < 1.29 is 5.11 Å². The SMILES string of the molecule is Cc1cc(I)cc(O)c1Br. The summed E-state index contributed by atoms with van der Waals surface area (Å²) in [6.07, 6.45) is 0. The first-order valence-corrected chi connectivity index (χ1v) is 4.63. The van der Waals surface area contributed by atoms with Crippen molar-refractivity contribution in [3.8, 4) is 5.75 Å². The molecule has 0 unspecified atom stereocenters. The monoisotopic (exact) mass is 312 g/mol. The Balaban J connectivity index is 3.31. The highest BCUT2D eigenvalue weighted by molar-refractivity contribution is 14.1. The van der Waals surface area contributed by atoms with E-state index >= 15 is 0 Å². The molecule has 0 saturated heterocycles. The van der Waals surface area contributed by atoms with E-state index in [0.717, 1.165) is 13.6 Å². The summed E-state index contributed by atoms with van der Waals surface area (Å²) < 4.78 is 1.84. The Morgan fingerprint density at radius 3 is 2.60 bits per heavy atom. The summed E-state index contributed by atoms with van der Waals surface area (Å²) in [5, 5.41) is 9.23. The summed E-state index contributed by atoms with van der Waals surface area (Å²) in [5.41, 5.74) is 1.06. The molecule has 0 aromatic heterocycles. The molecule has 54 valence electrons. The maximum absolute atomic E-state index is 9.23. The van der Waals surface area contributed by atoms with Gasteiger partial charge in [-0.3, -0.25) is 0 Å². The summed E-state index contributed by atoms with van der Waals surface area (Å²) in [6, 6.07) is 3.72. The van der Waals surface area contributed by atoms with Crippen molar-refractivity contribution in [3.63, 3.8) is 0 Å². The minimum atomic E-state index is 0.310. The Kier molecular flexibility index (Phi) is 2.57.